The van der Waals surface area contributed by atoms with Crippen molar-refractivity contribution in [3.05, 3.63) is 54.0 Å². The zero-order chi connectivity index (χ0) is 17.2. The van der Waals surface area contributed by atoms with Crippen LogP contribution in [-0.4, -0.2) is 32.1 Å². The molecular formula is C18H19N5O2. The summed E-state index contributed by atoms with van der Waals surface area (Å²) in [4.78, 5) is 12.3. The molecule has 1 aliphatic rings. The van der Waals surface area contributed by atoms with Crippen LogP contribution in [0.5, 0.6) is 0 Å². The van der Waals surface area contributed by atoms with Crippen molar-refractivity contribution in [1.82, 2.24) is 25.5 Å². The first kappa shape index (κ1) is 15.6. The Bertz CT molecular complexity index is 864. The number of carbonyl (C=O) groups is 1. The van der Waals surface area contributed by atoms with Crippen LogP contribution in [0.1, 0.15) is 42.0 Å². The third-order valence-electron chi connectivity index (χ3n) is 4.54. The van der Waals surface area contributed by atoms with Crippen LogP contribution < -0.4 is 5.32 Å². The van der Waals surface area contributed by atoms with Gasteiger partial charge in [-0.05, 0) is 19.3 Å². The first-order chi connectivity index (χ1) is 12.2. The summed E-state index contributed by atoms with van der Waals surface area (Å²) in [6, 6.07) is 11.7. The van der Waals surface area contributed by atoms with E-state index in [1.54, 1.807) is 6.07 Å². The minimum Gasteiger partial charge on any atom is -0.355 e. The number of amides is 1. The zero-order valence-corrected chi connectivity index (χ0v) is 13.9. The average Bonchev–Trinajstić information content (AvgIpc) is 3.27. The van der Waals surface area contributed by atoms with Gasteiger partial charge in [-0.15, -0.1) is 5.10 Å². The number of aryl methyl sites for hydroxylation is 1. The van der Waals surface area contributed by atoms with Crippen molar-refractivity contribution < 1.29 is 9.32 Å². The summed E-state index contributed by atoms with van der Waals surface area (Å²) in [5.41, 5.74) is 2.19. The molecule has 2 heterocycles. The van der Waals surface area contributed by atoms with Crippen LogP contribution in [-0.2, 0) is 6.42 Å². The average molecular weight is 337 g/mol. The molecule has 1 N–H and O–H groups in total. The number of rotatable bonds is 5. The highest BCUT2D eigenvalue weighted by Gasteiger charge is 2.33. The van der Waals surface area contributed by atoms with Crippen molar-refractivity contribution in [3.63, 3.8) is 0 Å². The fourth-order valence-electron chi connectivity index (χ4n) is 2.96. The van der Waals surface area contributed by atoms with Gasteiger partial charge in [-0.1, -0.05) is 47.6 Å². The summed E-state index contributed by atoms with van der Waals surface area (Å²) >= 11 is 0. The van der Waals surface area contributed by atoms with Crippen molar-refractivity contribution in [2.75, 3.05) is 0 Å². The van der Waals surface area contributed by atoms with Crippen LogP contribution in [0.2, 0.25) is 0 Å². The van der Waals surface area contributed by atoms with Gasteiger partial charge in [0.25, 0.3) is 5.91 Å². The standard InChI is InChI=1S/C18H19N5O2/c1-2-13-11-23(22-20-13)15-8-14(9-15)19-18(24)16-10-17(25-21-16)12-6-4-3-5-7-12/h3-7,10-11,14-15H,2,8-9H2,1H3,(H,19,24). The maximum atomic E-state index is 12.3. The minimum absolute atomic E-state index is 0.128. The lowest BCUT2D eigenvalue weighted by molar-refractivity contribution is 0.0878. The van der Waals surface area contributed by atoms with E-state index in [9.17, 15) is 4.79 Å². The van der Waals surface area contributed by atoms with Crippen LogP contribution in [0, 0.1) is 0 Å². The highest BCUT2D eigenvalue weighted by Crippen LogP contribution is 2.31. The molecule has 0 unspecified atom stereocenters. The van der Waals surface area contributed by atoms with Crippen molar-refractivity contribution in [3.8, 4) is 11.3 Å². The molecule has 4 rings (SSSR count). The summed E-state index contributed by atoms with van der Waals surface area (Å²) in [7, 11) is 0. The third kappa shape index (κ3) is 3.17. The second-order valence-electron chi connectivity index (χ2n) is 6.28. The Hall–Kier alpha value is -2.96. The van der Waals surface area contributed by atoms with E-state index in [2.05, 4.69) is 27.7 Å². The molecule has 0 atom stereocenters. The van der Waals surface area contributed by atoms with Crippen LogP contribution in [0.4, 0.5) is 0 Å². The summed E-state index contributed by atoms with van der Waals surface area (Å²) in [6.07, 6.45) is 4.55. The largest absolute Gasteiger partial charge is 0.355 e. The van der Waals surface area contributed by atoms with Crippen LogP contribution in [0.3, 0.4) is 0 Å². The molecule has 0 aliphatic heterocycles. The van der Waals surface area contributed by atoms with E-state index in [-0.39, 0.29) is 11.9 Å². The van der Waals surface area contributed by atoms with Gasteiger partial charge in [0.2, 0.25) is 0 Å². The third-order valence-corrected chi connectivity index (χ3v) is 4.54. The van der Waals surface area contributed by atoms with Crippen LogP contribution >= 0.6 is 0 Å². The van der Waals surface area contributed by atoms with E-state index in [1.807, 2.05) is 41.2 Å². The quantitative estimate of drug-likeness (QED) is 0.773. The van der Waals surface area contributed by atoms with Gasteiger partial charge in [-0.2, -0.15) is 0 Å². The maximum absolute atomic E-state index is 12.3. The fraction of sp³-hybridized carbons (Fsp3) is 0.333. The molecule has 0 saturated heterocycles. The SMILES string of the molecule is CCc1cn(C2CC(NC(=O)c3cc(-c4ccccc4)on3)C2)nn1. The molecule has 1 aliphatic carbocycles. The van der Waals surface area contributed by atoms with E-state index in [4.69, 9.17) is 4.52 Å². The number of hydrogen-bond acceptors (Lipinski definition) is 5. The van der Waals surface area contributed by atoms with Gasteiger partial charge in [-0.3, -0.25) is 4.79 Å². The number of nitrogens with zero attached hydrogens (tertiary/aromatic N) is 4. The second-order valence-corrected chi connectivity index (χ2v) is 6.28. The highest BCUT2D eigenvalue weighted by atomic mass is 16.5. The molecule has 0 radical (unpaired) electrons. The summed E-state index contributed by atoms with van der Waals surface area (Å²) in [5, 5.41) is 15.1. The van der Waals surface area contributed by atoms with Crippen molar-refractivity contribution in [1.29, 1.82) is 0 Å². The maximum Gasteiger partial charge on any atom is 0.273 e. The van der Waals surface area contributed by atoms with E-state index >= 15 is 0 Å². The molecule has 0 bridgehead atoms. The van der Waals surface area contributed by atoms with Gasteiger partial charge in [0.1, 0.15) is 0 Å². The molecule has 1 amide bonds. The van der Waals surface area contributed by atoms with Crippen LogP contribution in [0.25, 0.3) is 11.3 Å². The number of aromatic nitrogens is 4. The molecule has 0 spiro atoms. The van der Waals surface area contributed by atoms with Crippen molar-refractivity contribution >= 4 is 5.91 Å². The molecule has 25 heavy (non-hydrogen) atoms. The van der Waals surface area contributed by atoms with Crippen molar-refractivity contribution in [2.45, 2.75) is 38.3 Å². The van der Waals surface area contributed by atoms with Gasteiger partial charge >= 0.3 is 0 Å². The molecule has 2 aromatic heterocycles. The smallest absolute Gasteiger partial charge is 0.273 e. The molecule has 3 aromatic rings. The van der Waals surface area contributed by atoms with Gasteiger partial charge in [0.05, 0.1) is 11.7 Å². The predicted molar refractivity (Wildman–Crippen MR) is 90.9 cm³/mol. The van der Waals surface area contributed by atoms with E-state index in [1.165, 1.54) is 0 Å². The van der Waals surface area contributed by atoms with Crippen molar-refractivity contribution in [2.24, 2.45) is 0 Å². The van der Waals surface area contributed by atoms with Crippen LogP contribution in [0.15, 0.2) is 47.1 Å². The molecule has 7 heteroatoms. The Balaban J connectivity index is 1.34. The summed E-state index contributed by atoms with van der Waals surface area (Å²) < 4.78 is 7.17. The molecule has 1 saturated carbocycles. The molecule has 128 valence electrons. The second kappa shape index (κ2) is 6.51. The Kier molecular flexibility index (Phi) is 4.05. The summed E-state index contributed by atoms with van der Waals surface area (Å²) in [6.45, 7) is 2.06. The lowest BCUT2D eigenvalue weighted by atomic mass is 9.87. The lowest BCUT2D eigenvalue weighted by Crippen LogP contribution is -2.45. The lowest BCUT2D eigenvalue weighted by Gasteiger charge is -2.35. The van der Waals surface area contributed by atoms with Gasteiger partial charge in [0, 0.05) is 23.9 Å². The first-order valence-corrected chi connectivity index (χ1v) is 8.46. The summed E-state index contributed by atoms with van der Waals surface area (Å²) in [5.74, 6) is 0.383. The zero-order valence-electron chi connectivity index (χ0n) is 13.9. The molecule has 1 aromatic carbocycles. The van der Waals surface area contributed by atoms with E-state index < -0.39 is 0 Å². The van der Waals surface area contributed by atoms with E-state index in [0.29, 0.717) is 17.5 Å². The normalized spacial score (nSPS) is 19.4. The Morgan fingerprint density at radius 2 is 2.12 bits per heavy atom. The van der Waals surface area contributed by atoms with E-state index in [0.717, 1.165) is 30.5 Å². The molecule has 7 nitrogen and oxygen atoms in total. The Labute approximate surface area is 145 Å². The molecule has 1 fully saturated rings. The Morgan fingerprint density at radius 1 is 1.32 bits per heavy atom. The number of nitrogens with one attached hydrogen (secondary N) is 1. The topological polar surface area (TPSA) is 85.8 Å². The first-order valence-electron chi connectivity index (χ1n) is 8.46. The number of benzene rings is 1. The Morgan fingerprint density at radius 3 is 2.84 bits per heavy atom. The number of hydrogen-bond donors (Lipinski definition) is 1. The van der Waals surface area contributed by atoms with Gasteiger partial charge in [-0.25, -0.2) is 4.68 Å². The minimum atomic E-state index is -0.206. The van der Waals surface area contributed by atoms with Gasteiger partial charge in [0.15, 0.2) is 11.5 Å². The van der Waals surface area contributed by atoms with Gasteiger partial charge < -0.3 is 9.84 Å². The monoisotopic (exact) mass is 337 g/mol. The number of carbonyl (C=O) groups excluding carboxylic acids is 1. The highest BCUT2D eigenvalue weighted by molar-refractivity contribution is 5.93. The molecular weight excluding hydrogens is 318 g/mol. The predicted octanol–water partition coefficient (Wildman–Crippen LogP) is 2.63. The fourth-order valence-corrected chi connectivity index (χ4v) is 2.96.